The Hall–Kier alpha value is -0.910. The van der Waals surface area contributed by atoms with Gasteiger partial charge < -0.3 is 15.2 Å². The molecule has 2 atom stereocenters. The fourth-order valence-corrected chi connectivity index (χ4v) is 3.14. The minimum Gasteiger partial charge on any atom is -0.465 e. The third kappa shape index (κ3) is 3.31. The molecule has 1 heterocycles. The van der Waals surface area contributed by atoms with Gasteiger partial charge in [-0.05, 0) is 25.0 Å². The van der Waals surface area contributed by atoms with Gasteiger partial charge in [-0.1, -0.05) is 12.8 Å². The standard InChI is InChI=1S/C13H19NO3S/c1-17-13(16)12-7-6-9(18-12)8-14-10-4-2-3-5-11(10)15/h6-7,10-11,14-15H,2-5,8H2,1H3/t10-,11+/m1/s1. The van der Waals surface area contributed by atoms with Crippen molar-refractivity contribution in [2.45, 2.75) is 44.4 Å². The smallest absolute Gasteiger partial charge is 0.348 e. The van der Waals surface area contributed by atoms with Crippen molar-refractivity contribution in [3.05, 3.63) is 21.9 Å². The van der Waals surface area contributed by atoms with E-state index in [1.807, 2.05) is 6.07 Å². The molecule has 100 valence electrons. The second kappa shape index (κ2) is 6.31. The highest BCUT2D eigenvalue weighted by Gasteiger charge is 2.22. The number of carbonyl (C=O) groups is 1. The van der Waals surface area contributed by atoms with E-state index in [1.165, 1.54) is 24.9 Å². The minimum absolute atomic E-state index is 0.183. The number of aliphatic hydroxyl groups is 1. The SMILES string of the molecule is COC(=O)c1ccc(CN[C@@H]2CCCC[C@@H]2O)s1. The molecule has 1 aromatic rings. The molecule has 2 N–H and O–H groups in total. The van der Waals surface area contributed by atoms with Crippen LogP contribution < -0.4 is 5.32 Å². The summed E-state index contributed by atoms with van der Waals surface area (Å²) in [5.41, 5.74) is 0. The van der Waals surface area contributed by atoms with Gasteiger partial charge in [-0.2, -0.15) is 0 Å². The van der Waals surface area contributed by atoms with Gasteiger partial charge in [0.1, 0.15) is 4.88 Å². The molecule has 4 nitrogen and oxygen atoms in total. The lowest BCUT2D eigenvalue weighted by molar-refractivity contribution is 0.0606. The quantitative estimate of drug-likeness (QED) is 0.820. The van der Waals surface area contributed by atoms with Gasteiger partial charge in [0, 0.05) is 17.5 Å². The van der Waals surface area contributed by atoms with Crippen LogP contribution in [0.2, 0.25) is 0 Å². The number of nitrogens with one attached hydrogen (secondary N) is 1. The Kier molecular flexibility index (Phi) is 4.74. The summed E-state index contributed by atoms with van der Waals surface area (Å²) in [6, 6.07) is 3.90. The predicted octanol–water partition coefficient (Wildman–Crippen LogP) is 1.93. The van der Waals surface area contributed by atoms with Crippen molar-refractivity contribution < 1.29 is 14.6 Å². The van der Waals surface area contributed by atoms with Gasteiger partial charge in [0.15, 0.2) is 0 Å². The predicted molar refractivity (Wildman–Crippen MR) is 70.8 cm³/mol. The van der Waals surface area contributed by atoms with Crippen molar-refractivity contribution in [2.75, 3.05) is 7.11 Å². The van der Waals surface area contributed by atoms with E-state index in [4.69, 9.17) is 0 Å². The minimum atomic E-state index is -0.288. The number of carbonyl (C=O) groups excluding carboxylic acids is 1. The number of rotatable bonds is 4. The maximum atomic E-state index is 11.3. The van der Waals surface area contributed by atoms with E-state index in [0.717, 1.165) is 24.1 Å². The van der Waals surface area contributed by atoms with Crippen molar-refractivity contribution in [3.8, 4) is 0 Å². The van der Waals surface area contributed by atoms with Crippen molar-refractivity contribution >= 4 is 17.3 Å². The van der Waals surface area contributed by atoms with Gasteiger partial charge in [0.25, 0.3) is 0 Å². The Bertz CT molecular complexity index is 405. The highest BCUT2D eigenvalue weighted by molar-refractivity contribution is 7.13. The summed E-state index contributed by atoms with van der Waals surface area (Å²) in [7, 11) is 1.39. The van der Waals surface area contributed by atoms with Crippen LogP contribution in [0.1, 0.15) is 40.2 Å². The van der Waals surface area contributed by atoms with Crippen molar-refractivity contribution in [2.24, 2.45) is 0 Å². The lowest BCUT2D eigenvalue weighted by Gasteiger charge is -2.28. The second-order valence-electron chi connectivity index (χ2n) is 4.60. The summed E-state index contributed by atoms with van der Waals surface area (Å²) in [4.78, 5) is 13.0. The number of ether oxygens (including phenoxy) is 1. The summed E-state index contributed by atoms with van der Waals surface area (Å²) in [5.74, 6) is -0.288. The van der Waals surface area contributed by atoms with Crippen LogP contribution in [-0.4, -0.2) is 30.3 Å². The van der Waals surface area contributed by atoms with Crippen LogP contribution in [0.15, 0.2) is 12.1 Å². The van der Waals surface area contributed by atoms with Gasteiger partial charge >= 0.3 is 5.97 Å². The maximum Gasteiger partial charge on any atom is 0.348 e. The molecule has 0 amide bonds. The number of hydrogen-bond acceptors (Lipinski definition) is 5. The zero-order chi connectivity index (χ0) is 13.0. The maximum absolute atomic E-state index is 11.3. The van der Waals surface area contributed by atoms with Crippen molar-refractivity contribution in [1.29, 1.82) is 0 Å². The van der Waals surface area contributed by atoms with Crippen LogP contribution >= 0.6 is 11.3 Å². The van der Waals surface area contributed by atoms with Gasteiger partial charge in [0.05, 0.1) is 13.2 Å². The molecule has 0 bridgehead atoms. The fraction of sp³-hybridized carbons (Fsp3) is 0.615. The van der Waals surface area contributed by atoms with Crippen molar-refractivity contribution in [1.82, 2.24) is 5.32 Å². The lowest BCUT2D eigenvalue weighted by Crippen LogP contribution is -2.41. The average Bonchev–Trinajstić information content (AvgIpc) is 2.86. The van der Waals surface area contributed by atoms with E-state index in [0.29, 0.717) is 11.4 Å². The van der Waals surface area contributed by atoms with E-state index in [2.05, 4.69) is 10.1 Å². The molecule has 0 aliphatic heterocycles. The number of aliphatic hydroxyl groups excluding tert-OH is 1. The van der Waals surface area contributed by atoms with E-state index in [1.54, 1.807) is 6.07 Å². The molecule has 1 aromatic heterocycles. The zero-order valence-electron chi connectivity index (χ0n) is 10.5. The first-order valence-electron chi connectivity index (χ1n) is 6.29. The summed E-state index contributed by atoms with van der Waals surface area (Å²) < 4.78 is 4.67. The van der Waals surface area contributed by atoms with Crippen LogP contribution in [-0.2, 0) is 11.3 Å². The topological polar surface area (TPSA) is 58.6 Å². The highest BCUT2D eigenvalue weighted by Crippen LogP contribution is 2.21. The first-order chi connectivity index (χ1) is 8.70. The first-order valence-corrected chi connectivity index (χ1v) is 7.11. The number of thiophene rings is 1. The molecule has 1 fully saturated rings. The first kappa shape index (κ1) is 13.5. The lowest BCUT2D eigenvalue weighted by atomic mass is 9.92. The van der Waals surface area contributed by atoms with Gasteiger partial charge in [-0.25, -0.2) is 4.79 Å². The summed E-state index contributed by atoms with van der Waals surface area (Å²) >= 11 is 1.44. The third-order valence-corrected chi connectivity index (χ3v) is 4.38. The number of esters is 1. The summed E-state index contributed by atoms with van der Waals surface area (Å²) in [6.07, 6.45) is 3.96. The zero-order valence-corrected chi connectivity index (χ0v) is 11.3. The van der Waals surface area contributed by atoms with E-state index in [-0.39, 0.29) is 18.1 Å². The molecular weight excluding hydrogens is 250 g/mol. The Morgan fingerprint density at radius 3 is 3.00 bits per heavy atom. The van der Waals surface area contributed by atoms with Crippen LogP contribution in [0.3, 0.4) is 0 Å². The number of methoxy groups -OCH3 is 1. The molecule has 5 heteroatoms. The molecule has 0 saturated heterocycles. The molecule has 1 aliphatic rings. The van der Waals surface area contributed by atoms with Gasteiger partial charge in [-0.15, -0.1) is 11.3 Å². The van der Waals surface area contributed by atoms with E-state index in [9.17, 15) is 9.90 Å². The van der Waals surface area contributed by atoms with Crippen molar-refractivity contribution in [3.63, 3.8) is 0 Å². The summed E-state index contributed by atoms with van der Waals surface area (Å²) in [5, 5.41) is 13.2. The third-order valence-electron chi connectivity index (χ3n) is 3.32. The largest absolute Gasteiger partial charge is 0.465 e. The average molecular weight is 269 g/mol. The van der Waals surface area contributed by atoms with Gasteiger partial charge in [-0.3, -0.25) is 0 Å². The Morgan fingerprint density at radius 1 is 1.50 bits per heavy atom. The Labute approximate surface area is 111 Å². The second-order valence-corrected chi connectivity index (χ2v) is 5.77. The molecule has 2 rings (SSSR count). The molecule has 18 heavy (non-hydrogen) atoms. The number of hydrogen-bond donors (Lipinski definition) is 2. The summed E-state index contributed by atoms with van der Waals surface area (Å²) in [6.45, 7) is 0.698. The van der Waals surface area contributed by atoms with E-state index >= 15 is 0 Å². The molecule has 0 spiro atoms. The fourth-order valence-electron chi connectivity index (χ4n) is 2.26. The highest BCUT2D eigenvalue weighted by atomic mass is 32.1. The molecule has 0 radical (unpaired) electrons. The van der Waals surface area contributed by atoms with Crippen LogP contribution in [0, 0.1) is 0 Å². The molecule has 0 aromatic carbocycles. The van der Waals surface area contributed by atoms with Crippen LogP contribution in [0.25, 0.3) is 0 Å². The molecule has 1 saturated carbocycles. The molecule has 0 unspecified atom stereocenters. The van der Waals surface area contributed by atoms with Crippen LogP contribution in [0.5, 0.6) is 0 Å². The molecule has 1 aliphatic carbocycles. The molecular formula is C13H19NO3S. The van der Waals surface area contributed by atoms with Crippen LogP contribution in [0.4, 0.5) is 0 Å². The van der Waals surface area contributed by atoms with Gasteiger partial charge in [0.2, 0.25) is 0 Å². The normalized spacial score (nSPS) is 23.9. The van der Waals surface area contributed by atoms with E-state index < -0.39 is 0 Å². The Morgan fingerprint density at radius 2 is 2.28 bits per heavy atom. The Balaban J connectivity index is 1.86. The monoisotopic (exact) mass is 269 g/mol.